The number of hydrogen-bond acceptors (Lipinski definition) is 7. The number of carbonyl (C=O) groups is 2. The molecular weight excluding hydrogens is 436 g/mol. The van der Waals surface area contributed by atoms with Crippen LogP contribution in [0.1, 0.15) is 25.5 Å². The van der Waals surface area contributed by atoms with Gasteiger partial charge in [0, 0.05) is 11.6 Å². The molecule has 0 saturated carbocycles. The van der Waals surface area contributed by atoms with Gasteiger partial charge >= 0.3 is 5.97 Å². The number of allylic oxidation sites excluding steroid dienone is 1. The number of fused-ring (bicyclic) bond motifs is 1. The van der Waals surface area contributed by atoms with Crippen LogP contribution in [0.4, 0.5) is 0 Å². The molecular formula is C18H19BrN2O5S. The van der Waals surface area contributed by atoms with E-state index >= 15 is 0 Å². The molecule has 0 N–H and O–H groups in total. The van der Waals surface area contributed by atoms with Gasteiger partial charge < -0.3 is 14.2 Å². The van der Waals surface area contributed by atoms with Crippen molar-refractivity contribution in [1.29, 1.82) is 0 Å². The van der Waals surface area contributed by atoms with Gasteiger partial charge in [0.25, 0.3) is 0 Å². The lowest BCUT2D eigenvalue weighted by Gasteiger charge is -2.33. The molecule has 0 radical (unpaired) electrons. The third-order valence-electron chi connectivity index (χ3n) is 4.28. The van der Waals surface area contributed by atoms with Gasteiger partial charge in [0.05, 0.1) is 42.3 Å². The number of aliphatic imine (C=N–C) groups is 1. The first-order chi connectivity index (χ1) is 12.9. The van der Waals surface area contributed by atoms with E-state index in [1.165, 1.54) is 18.9 Å². The summed E-state index contributed by atoms with van der Waals surface area (Å²) in [5.41, 5.74) is 1.50. The van der Waals surface area contributed by atoms with Crippen LogP contribution in [0.2, 0.25) is 0 Å². The smallest absolute Gasteiger partial charge is 0.338 e. The maximum Gasteiger partial charge on any atom is 0.338 e. The summed E-state index contributed by atoms with van der Waals surface area (Å²) >= 11 is 4.83. The van der Waals surface area contributed by atoms with Crippen molar-refractivity contribution in [3.05, 3.63) is 33.4 Å². The van der Waals surface area contributed by atoms with Crippen LogP contribution < -0.4 is 9.47 Å². The van der Waals surface area contributed by atoms with Gasteiger partial charge in [-0.3, -0.25) is 9.69 Å². The number of amidine groups is 1. The molecule has 2 aliphatic rings. The predicted octanol–water partition coefficient (Wildman–Crippen LogP) is 3.29. The third kappa shape index (κ3) is 3.45. The summed E-state index contributed by atoms with van der Waals surface area (Å²) < 4.78 is 16.8. The van der Waals surface area contributed by atoms with Crippen molar-refractivity contribution in [1.82, 2.24) is 4.90 Å². The van der Waals surface area contributed by atoms with E-state index < -0.39 is 12.0 Å². The van der Waals surface area contributed by atoms with Gasteiger partial charge in [-0.2, -0.15) is 0 Å². The van der Waals surface area contributed by atoms with Crippen LogP contribution in [0.5, 0.6) is 11.5 Å². The Morgan fingerprint density at radius 3 is 2.67 bits per heavy atom. The zero-order chi connectivity index (χ0) is 19.7. The number of amides is 1. The first-order valence-electron chi connectivity index (χ1n) is 8.25. The normalized spacial score (nSPS) is 19.0. The van der Waals surface area contributed by atoms with E-state index in [1.807, 2.05) is 0 Å². The minimum atomic E-state index is -0.684. The van der Waals surface area contributed by atoms with E-state index in [0.717, 1.165) is 0 Å². The summed E-state index contributed by atoms with van der Waals surface area (Å²) in [7, 11) is 3.09. The average molecular weight is 455 g/mol. The van der Waals surface area contributed by atoms with Crippen LogP contribution in [0.15, 0.2) is 32.9 Å². The Hall–Kier alpha value is -2.00. The Bertz CT molecular complexity index is 868. The van der Waals surface area contributed by atoms with Crippen molar-refractivity contribution in [2.45, 2.75) is 19.9 Å². The summed E-state index contributed by atoms with van der Waals surface area (Å²) in [5.74, 6) is 0.744. The number of methoxy groups -OCH3 is 2. The standard InChI is InChI=1S/C18H19BrN2O5S/c1-5-26-17(23)15-9(2)20-18-21(14(22)8-27-18)16(15)10-6-11(19)13(25-4)7-12(10)24-3/h6-7,16H,5,8H2,1-4H3. The van der Waals surface area contributed by atoms with Crippen molar-refractivity contribution in [3.8, 4) is 11.5 Å². The maximum absolute atomic E-state index is 12.7. The maximum atomic E-state index is 12.7. The summed E-state index contributed by atoms with van der Waals surface area (Å²) in [5, 5.41) is 0.574. The molecule has 7 nitrogen and oxygen atoms in total. The number of halogens is 1. The van der Waals surface area contributed by atoms with Gasteiger partial charge in [-0.25, -0.2) is 9.79 Å². The molecule has 0 bridgehead atoms. The first kappa shape index (κ1) is 19.8. The zero-order valence-electron chi connectivity index (χ0n) is 15.4. The van der Waals surface area contributed by atoms with Gasteiger partial charge in [-0.15, -0.1) is 0 Å². The molecule has 1 fully saturated rings. The Labute approximate surface area is 169 Å². The molecule has 0 aromatic heterocycles. The van der Waals surface area contributed by atoms with Crippen LogP contribution in [0.3, 0.4) is 0 Å². The first-order valence-corrected chi connectivity index (χ1v) is 10.0. The van der Waals surface area contributed by atoms with E-state index in [0.29, 0.717) is 38.0 Å². The molecule has 144 valence electrons. The fourth-order valence-corrected chi connectivity index (χ4v) is 4.57. The number of hydrogen-bond donors (Lipinski definition) is 0. The number of rotatable bonds is 5. The monoisotopic (exact) mass is 454 g/mol. The molecule has 3 rings (SSSR count). The number of ether oxygens (including phenoxy) is 3. The Kier molecular flexibility index (Phi) is 5.81. The number of nitrogens with zero attached hydrogens (tertiary/aromatic N) is 2. The molecule has 1 unspecified atom stereocenters. The van der Waals surface area contributed by atoms with E-state index in [1.54, 1.807) is 38.0 Å². The van der Waals surface area contributed by atoms with E-state index in [9.17, 15) is 9.59 Å². The molecule has 1 saturated heterocycles. The van der Waals surface area contributed by atoms with Gasteiger partial charge in [0.1, 0.15) is 17.5 Å². The predicted molar refractivity (Wildman–Crippen MR) is 106 cm³/mol. The quantitative estimate of drug-likeness (QED) is 0.635. The highest BCUT2D eigenvalue weighted by molar-refractivity contribution is 9.10. The topological polar surface area (TPSA) is 77.4 Å². The molecule has 2 aliphatic heterocycles. The van der Waals surface area contributed by atoms with Crippen molar-refractivity contribution in [2.75, 3.05) is 26.6 Å². The minimum Gasteiger partial charge on any atom is -0.496 e. The summed E-state index contributed by atoms with van der Waals surface area (Å²) in [4.78, 5) is 31.3. The molecule has 9 heteroatoms. The highest BCUT2D eigenvalue weighted by Gasteiger charge is 2.44. The fourth-order valence-electron chi connectivity index (χ4n) is 3.10. The number of thioether (sulfide) groups is 1. The second-order valence-corrected chi connectivity index (χ2v) is 7.59. The molecule has 1 amide bonds. The van der Waals surface area contributed by atoms with Crippen LogP contribution >= 0.6 is 27.7 Å². The lowest BCUT2D eigenvalue weighted by molar-refractivity contribution is -0.139. The number of carbonyl (C=O) groups excluding carboxylic acids is 2. The Morgan fingerprint density at radius 2 is 2.04 bits per heavy atom. The summed E-state index contributed by atoms with van der Waals surface area (Å²) in [6.07, 6.45) is 0. The zero-order valence-corrected chi connectivity index (χ0v) is 17.8. The van der Waals surface area contributed by atoms with Crippen LogP contribution in [-0.4, -0.2) is 48.5 Å². The lowest BCUT2D eigenvalue weighted by atomic mass is 9.93. The minimum absolute atomic E-state index is 0.118. The molecule has 1 aromatic rings. The number of benzene rings is 1. The Balaban J connectivity index is 2.23. The SMILES string of the molecule is CCOC(=O)C1=C(C)N=C2SCC(=O)N2C1c1cc(Br)c(OC)cc1OC. The van der Waals surface area contributed by atoms with E-state index in [4.69, 9.17) is 14.2 Å². The molecule has 2 heterocycles. The average Bonchev–Trinajstić information content (AvgIpc) is 3.00. The van der Waals surface area contributed by atoms with E-state index in [-0.39, 0.29) is 18.3 Å². The summed E-state index contributed by atoms with van der Waals surface area (Å²) in [6, 6.07) is 2.83. The second-order valence-electron chi connectivity index (χ2n) is 5.80. The lowest BCUT2D eigenvalue weighted by Crippen LogP contribution is -2.39. The van der Waals surface area contributed by atoms with E-state index in [2.05, 4.69) is 20.9 Å². The van der Waals surface area contributed by atoms with Crippen LogP contribution in [0, 0.1) is 0 Å². The van der Waals surface area contributed by atoms with Gasteiger partial charge in [-0.05, 0) is 35.8 Å². The van der Waals surface area contributed by atoms with Gasteiger partial charge in [0.2, 0.25) is 5.91 Å². The van der Waals surface area contributed by atoms with Gasteiger partial charge in [-0.1, -0.05) is 11.8 Å². The highest BCUT2D eigenvalue weighted by Crippen LogP contribution is 2.46. The molecule has 1 atom stereocenters. The second kappa shape index (κ2) is 7.93. The van der Waals surface area contributed by atoms with Crippen LogP contribution in [-0.2, 0) is 14.3 Å². The highest BCUT2D eigenvalue weighted by atomic mass is 79.9. The third-order valence-corrected chi connectivity index (χ3v) is 5.84. The largest absolute Gasteiger partial charge is 0.496 e. The molecule has 0 aliphatic carbocycles. The molecule has 27 heavy (non-hydrogen) atoms. The fraction of sp³-hybridized carbons (Fsp3) is 0.389. The molecule has 0 spiro atoms. The number of esters is 1. The van der Waals surface area contributed by atoms with Gasteiger partial charge in [0.15, 0.2) is 5.17 Å². The summed E-state index contributed by atoms with van der Waals surface area (Å²) in [6.45, 7) is 3.71. The van der Waals surface area contributed by atoms with Crippen molar-refractivity contribution >= 4 is 44.7 Å². The van der Waals surface area contributed by atoms with Crippen molar-refractivity contribution in [3.63, 3.8) is 0 Å². The van der Waals surface area contributed by atoms with Crippen LogP contribution in [0.25, 0.3) is 0 Å². The Morgan fingerprint density at radius 1 is 1.33 bits per heavy atom. The molecule has 1 aromatic carbocycles. The van der Waals surface area contributed by atoms with Crippen molar-refractivity contribution < 1.29 is 23.8 Å². The van der Waals surface area contributed by atoms with Crippen molar-refractivity contribution in [2.24, 2.45) is 4.99 Å².